The molecule has 1 aliphatic heterocycles. The van der Waals surface area contributed by atoms with E-state index in [1.165, 1.54) is 12.8 Å². The number of ether oxygens (including phenoxy) is 2. The molecule has 2 amide bonds. The molecule has 3 aliphatic rings. The van der Waals surface area contributed by atoms with Crippen LogP contribution in [0.15, 0.2) is 30.3 Å². The van der Waals surface area contributed by atoms with Crippen molar-refractivity contribution in [3.05, 3.63) is 57.1 Å². The van der Waals surface area contributed by atoms with Crippen molar-refractivity contribution in [2.45, 2.75) is 51.5 Å². The predicted molar refractivity (Wildman–Crippen MR) is 140 cm³/mol. The van der Waals surface area contributed by atoms with E-state index in [-0.39, 0.29) is 23.3 Å². The van der Waals surface area contributed by atoms with E-state index in [1.54, 1.807) is 37.4 Å². The van der Waals surface area contributed by atoms with Crippen LogP contribution in [0.4, 0.5) is 0 Å². The second-order valence-electron chi connectivity index (χ2n) is 10.5. The molecule has 2 saturated carbocycles. The van der Waals surface area contributed by atoms with Crippen LogP contribution in [0.1, 0.15) is 64.8 Å². The Balaban J connectivity index is 1.13. The summed E-state index contributed by atoms with van der Waals surface area (Å²) in [4.78, 5) is 27.9. The number of nitrogens with zero attached hydrogens (tertiary/aromatic N) is 1. The standard InChI is InChI=1S/C28H32Cl2N2O4/c1-17-22(29)7-6-21(25(17)30)27(34)32-11-9-28(10-12-32)14-20(15-28)31-26(33)19-5-8-23(35-2)24(13-19)36-16-18-3-4-18/h5-8,13,18,20H,3-4,9-12,14-16H2,1-2H3,(H,31,33). The Morgan fingerprint density at radius 2 is 1.81 bits per heavy atom. The van der Waals surface area contributed by atoms with Gasteiger partial charge in [0, 0.05) is 29.7 Å². The van der Waals surface area contributed by atoms with Gasteiger partial charge in [0.15, 0.2) is 11.5 Å². The van der Waals surface area contributed by atoms with E-state index < -0.39 is 0 Å². The maximum Gasteiger partial charge on any atom is 0.255 e. The third kappa shape index (κ3) is 5.16. The summed E-state index contributed by atoms with van der Waals surface area (Å²) in [6.45, 7) is 3.87. The molecule has 0 unspecified atom stereocenters. The second-order valence-corrected chi connectivity index (χ2v) is 11.3. The Hall–Kier alpha value is -2.44. The highest BCUT2D eigenvalue weighted by atomic mass is 35.5. The van der Waals surface area contributed by atoms with Crippen molar-refractivity contribution in [3.63, 3.8) is 0 Å². The zero-order valence-electron chi connectivity index (χ0n) is 20.7. The fourth-order valence-electron chi connectivity index (χ4n) is 5.37. The van der Waals surface area contributed by atoms with Crippen LogP contribution >= 0.6 is 23.2 Å². The van der Waals surface area contributed by atoms with E-state index >= 15 is 0 Å². The van der Waals surface area contributed by atoms with E-state index in [1.807, 2.05) is 11.8 Å². The summed E-state index contributed by atoms with van der Waals surface area (Å²) in [5.74, 6) is 1.75. The Labute approximate surface area is 222 Å². The van der Waals surface area contributed by atoms with Crippen LogP contribution in [0.5, 0.6) is 11.5 Å². The molecule has 1 heterocycles. The number of likely N-dealkylation sites (tertiary alicyclic amines) is 1. The molecular weight excluding hydrogens is 499 g/mol. The third-order valence-electron chi connectivity index (χ3n) is 7.95. The summed E-state index contributed by atoms with van der Waals surface area (Å²) in [5.41, 5.74) is 2.01. The van der Waals surface area contributed by atoms with Crippen molar-refractivity contribution in [3.8, 4) is 11.5 Å². The van der Waals surface area contributed by atoms with Crippen molar-refractivity contribution in [1.82, 2.24) is 10.2 Å². The number of halogens is 2. The molecule has 1 saturated heterocycles. The molecule has 0 atom stereocenters. The quantitative estimate of drug-likeness (QED) is 0.482. The number of piperidine rings is 1. The number of methoxy groups -OCH3 is 1. The van der Waals surface area contributed by atoms with Gasteiger partial charge in [-0.05, 0) is 92.7 Å². The van der Waals surface area contributed by atoms with E-state index in [0.29, 0.717) is 58.3 Å². The van der Waals surface area contributed by atoms with Crippen LogP contribution in [0, 0.1) is 18.3 Å². The van der Waals surface area contributed by atoms with E-state index in [4.69, 9.17) is 32.7 Å². The Bertz CT molecular complexity index is 1160. The smallest absolute Gasteiger partial charge is 0.255 e. The molecule has 5 rings (SSSR count). The number of rotatable bonds is 7. The van der Waals surface area contributed by atoms with E-state index in [0.717, 1.165) is 31.2 Å². The average Bonchev–Trinajstić information content (AvgIpc) is 3.69. The Morgan fingerprint density at radius 1 is 1.08 bits per heavy atom. The molecule has 0 bridgehead atoms. The summed E-state index contributed by atoms with van der Waals surface area (Å²) < 4.78 is 11.3. The minimum atomic E-state index is -0.0888. The van der Waals surface area contributed by atoms with Crippen molar-refractivity contribution in [2.24, 2.45) is 11.3 Å². The molecule has 1 N–H and O–H groups in total. The minimum absolute atomic E-state index is 0.0435. The molecule has 3 fully saturated rings. The first-order chi connectivity index (χ1) is 17.3. The molecule has 0 radical (unpaired) electrons. The summed E-state index contributed by atoms with van der Waals surface area (Å²) in [5, 5.41) is 4.17. The Kier molecular flexibility index (Phi) is 7.10. The van der Waals surface area contributed by atoms with Gasteiger partial charge < -0.3 is 19.7 Å². The maximum absolute atomic E-state index is 13.1. The number of hydrogen-bond acceptors (Lipinski definition) is 4. The van der Waals surface area contributed by atoms with Crippen molar-refractivity contribution < 1.29 is 19.1 Å². The van der Waals surface area contributed by atoms with Crippen molar-refractivity contribution in [1.29, 1.82) is 0 Å². The monoisotopic (exact) mass is 530 g/mol. The lowest BCUT2D eigenvalue weighted by molar-refractivity contribution is 0.00863. The SMILES string of the molecule is COc1ccc(C(=O)NC2CC3(CCN(C(=O)c4ccc(Cl)c(C)c4Cl)CC3)C2)cc1OCC1CC1. The highest BCUT2D eigenvalue weighted by molar-refractivity contribution is 6.38. The van der Waals surface area contributed by atoms with Gasteiger partial charge in [0.25, 0.3) is 11.8 Å². The van der Waals surface area contributed by atoms with Gasteiger partial charge in [-0.2, -0.15) is 0 Å². The van der Waals surface area contributed by atoms with Gasteiger partial charge >= 0.3 is 0 Å². The number of carbonyl (C=O) groups is 2. The van der Waals surface area contributed by atoms with Gasteiger partial charge in [0.2, 0.25) is 0 Å². The number of benzene rings is 2. The number of amides is 2. The first-order valence-electron chi connectivity index (χ1n) is 12.6. The van der Waals surface area contributed by atoms with Gasteiger partial charge in [0.05, 0.1) is 24.3 Å². The van der Waals surface area contributed by atoms with Crippen molar-refractivity contribution in [2.75, 3.05) is 26.8 Å². The van der Waals surface area contributed by atoms with Crippen LogP contribution in [-0.2, 0) is 0 Å². The van der Waals surface area contributed by atoms with Crippen LogP contribution in [-0.4, -0.2) is 49.6 Å². The highest BCUT2D eigenvalue weighted by Crippen LogP contribution is 2.49. The fraction of sp³-hybridized carbons (Fsp3) is 0.500. The Morgan fingerprint density at radius 3 is 2.47 bits per heavy atom. The third-order valence-corrected chi connectivity index (χ3v) is 8.85. The van der Waals surface area contributed by atoms with Gasteiger partial charge in [-0.1, -0.05) is 23.2 Å². The van der Waals surface area contributed by atoms with Gasteiger partial charge in [-0.15, -0.1) is 0 Å². The molecule has 2 aromatic rings. The number of nitrogens with one attached hydrogen (secondary N) is 1. The summed E-state index contributed by atoms with van der Waals surface area (Å²) in [7, 11) is 1.61. The van der Waals surface area contributed by atoms with Gasteiger partial charge in [-0.3, -0.25) is 9.59 Å². The van der Waals surface area contributed by atoms with Crippen LogP contribution in [0.25, 0.3) is 0 Å². The lowest BCUT2D eigenvalue weighted by Gasteiger charge is -2.52. The molecule has 8 heteroatoms. The molecule has 36 heavy (non-hydrogen) atoms. The number of carbonyl (C=O) groups excluding carboxylic acids is 2. The van der Waals surface area contributed by atoms with Crippen LogP contribution < -0.4 is 14.8 Å². The summed E-state index contributed by atoms with van der Waals surface area (Å²) in [6, 6.07) is 8.93. The first-order valence-corrected chi connectivity index (χ1v) is 13.4. The molecule has 192 valence electrons. The van der Waals surface area contributed by atoms with Crippen LogP contribution in [0.3, 0.4) is 0 Å². The highest BCUT2D eigenvalue weighted by Gasteiger charge is 2.47. The predicted octanol–water partition coefficient (Wildman–Crippen LogP) is 5.91. The summed E-state index contributed by atoms with van der Waals surface area (Å²) >= 11 is 12.5. The van der Waals surface area contributed by atoms with Crippen LogP contribution in [0.2, 0.25) is 10.0 Å². The zero-order chi connectivity index (χ0) is 25.4. The first kappa shape index (κ1) is 25.2. The molecule has 2 aliphatic carbocycles. The van der Waals surface area contributed by atoms with Crippen molar-refractivity contribution >= 4 is 35.0 Å². The molecule has 1 spiro atoms. The molecular formula is C28H32Cl2N2O4. The lowest BCUT2D eigenvalue weighted by atomic mass is 9.60. The lowest BCUT2D eigenvalue weighted by Crippen LogP contribution is -2.55. The molecule has 0 aromatic heterocycles. The molecule has 6 nitrogen and oxygen atoms in total. The van der Waals surface area contributed by atoms with Gasteiger partial charge in [0.1, 0.15) is 0 Å². The average molecular weight is 531 g/mol. The van der Waals surface area contributed by atoms with Gasteiger partial charge in [-0.25, -0.2) is 0 Å². The summed E-state index contributed by atoms with van der Waals surface area (Å²) in [6.07, 6.45) is 6.12. The number of hydrogen-bond donors (Lipinski definition) is 1. The minimum Gasteiger partial charge on any atom is -0.493 e. The normalized spacial score (nSPS) is 19.1. The molecule has 2 aromatic carbocycles. The van der Waals surface area contributed by atoms with E-state index in [9.17, 15) is 9.59 Å². The zero-order valence-corrected chi connectivity index (χ0v) is 22.3. The topological polar surface area (TPSA) is 67.9 Å². The maximum atomic E-state index is 13.1. The van der Waals surface area contributed by atoms with E-state index in [2.05, 4.69) is 5.32 Å². The largest absolute Gasteiger partial charge is 0.493 e. The second kappa shape index (κ2) is 10.1. The fourth-order valence-corrected chi connectivity index (χ4v) is 5.82.